The highest BCUT2D eigenvalue weighted by Crippen LogP contribution is 2.33. The standard InChI is InChI=1S/C38H38N6O5/c1-27-21-32(41(2)25-37(45)44-19-17-42(18-20-44)24-28-5-12-34-35(22-28)48-26-47-34)11-13-33(27)49-36-14-8-30(23-39-36)40-38(46)29-6-9-31(10-7-29)43-15-3-4-16-43/h3-16,21-23H,17-20,24-26H2,1-2H3,(H,40,46). The number of carbonyl (C=O) groups is 2. The van der Waals surface area contributed by atoms with Gasteiger partial charge in [0, 0.05) is 75.2 Å². The van der Waals surface area contributed by atoms with Gasteiger partial charge in [-0.1, -0.05) is 6.07 Å². The Kier molecular flexibility index (Phi) is 9.16. The fourth-order valence-corrected chi connectivity index (χ4v) is 5.95. The van der Waals surface area contributed by atoms with Gasteiger partial charge in [0.25, 0.3) is 5.91 Å². The minimum Gasteiger partial charge on any atom is -0.454 e. The number of hydrogen-bond donors (Lipinski definition) is 1. The molecule has 1 saturated heterocycles. The van der Waals surface area contributed by atoms with Crippen molar-refractivity contribution in [1.82, 2.24) is 19.4 Å². The number of nitrogens with one attached hydrogen (secondary N) is 1. The molecule has 5 aromatic rings. The molecule has 0 aliphatic carbocycles. The van der Waals surface area contributed by atoms with Crippen LogP contribution >= 0.6 is 0 Å². The van der Waals surface area contributed by atoms with Crippen LogP contribution < -0.4 is 24.4 Å². The van der Waals surface area contributed by atoms with Crippen LogP contribution in [0.5, 0.6) is 23.1 Å². The van der Waals surface area contributed by atoms with E-state index in [1.54, 1.807) is 30.5 Å². The van der Waals surface area contributed by atoms with Crippen molar-refractivity contribution in [2.24, 2.45) is 0 Å². The van der Waals surface area contributed by atoms with Crippen molar-refractivity contribution in [3.05, 3.63) is 120 Å². The van der Waals surface area contributed by atoms with Gasteiger partial charge in [0.15, 0.2) is 11.5 Å². The largest absolute Gasteiger partial charge is 0.454 e. The molecule has 250 valence electrons. The zero-order valence-corrected chi connectivity index (χ0v) is 27.5. The van der Waals surface area contributed by atoms with Gasteiger partial charge in [-0.15, -0.1) is 0 Å². The molecule has 0 saturated carbocycles. The highest BCUT2D eigenvalue weighted by Gasteiger charge is 2.23. The van der Waals surface area contributed by atoms with E-state index in [1.165, 1.54) is 5.56 Å². The number of piperazine rings is 1. The molecule has 0 spiro atoms. The molecule has 2 aromatic heterocycles. The fourth-order valence-electron chi connectivity index (χ4n) is 5.95. The predicted molar refractivity (Wildman–Crippen MR) is 187 cm³/mol. The Morgan fingerprint density at radius 2 is 1.67 bits per heavy atom. The van der Waals surface area contributed by atoms with Gasteiger partial charge in [0.2, 0.25) is 18.6 Å². The summed E-state index contributed by atoms with van der Waals surface area (Å²) in [6, 6.07) is 26.7. The summed E-state index contributed by atoms with van der Waals surface area (Å²) in [6.45, 7) is 6.36. The number of carbonyl (C=O) groups excluding carboxylic acids is 2. The first-order valence-corrected chi connectivity index (χ1v) is 16.3. The second kappa shape index (κ2) is 14.1. The molecule has 3 aromatic carbocycles. The third-order valence-electron chi connectivity index (χ3n) is 8.78. The molecule has 11 heteroatoms. The smallest absolute Gasteiger partial charge is 0.255 e. The number of aryl methyl sites for hydroxylation is 1. The molecule has 1 N–H and O–H groups in total. The first-order chi connectivity index (χ1) is 23.9. The number of hydrogen-bond acceptors (Lipinski definition) is 8. The number of fused-ring (bicyclic) bond motifs is 1. The van der Waals surface area contributed by atoms with Gasteiger partial charge in [-0.05, 0) is 90.8 Å². The Bertz CT molecular complexity index is 1920. The van der Waals surface area contributed by atoms with Crippen molar-refractivity contribution in [2.75, 3.05) is 56.8 Å². The van der Waals surface area contributed by atoms with Crippen LogP contribution in [-0.4, -0.2) is 77.7 Å². The van der Waals surface area contributed by atoms with Gasteiger partial charge in [0.1, 0.15) is 5.75 Å². The Hall–Kier alpha value is -5.81. The fraction of sp³-hybridized carbons (Fsp3) is 0.237. The Morgan fingerprint density at radius 3 is 2.41 bits per heavy atom. The quantitative estimate of drug-likeness (QED) is 0.203. The lowest BCUT2D eigenvalue weighted by molar-refractivity contribution is -0.131. The summed E-state index contributed by atoms with van der Waals surface area (Å²) in [7, 11) is 1.92. The Morgan fingerprint density at radius 1 is 0.898 bits per heavy atom. The number of amides is 2. The molecular weight excluding hydrogens is 620 g/mol. The van der Waals surface area contributed by atoms with Crippen LogP contribution in [0.4, 0.5) is 11.4 Å². The Labute approximate surface area is 285 Å². The van der Waals surface area contributed by atoms with E-state index in [0.29, 0.717) is 36.0 Å². The minimum atomic E-state index is -0.219. The molecule has 2 aliphatic heterocycles. The van der Waals surface area contributed by atoms with Crippen LogP contribution in [0.25, 0.3) is 5.69 Å². The van der Waals surface area contributed by atoms with Crippen molar-refractivity contribution in [3.63, 3.8) is 0 Å². The summed E-state index contributed by atoms with van der Waals surface area (Å²) >= 11 is 0. The normalized spacial score (nSPS) is 14.0. The number of nitrogens with zero attached hydrogens (tertiary/aromatic N) is 5. The summed E-state index contributed by atoms with van der Waals surface area (Å²) in [4.78, 5) is 36.6. The molecule has 2 amide bonds. The van der Waals surface area contributed by atoms with E-state index in [9.17, 15) is 9.59 Å². The lowest BCUT2D eigenvalue weighted by atomic mass is 10.1. The molecule has 7 rings (SSSR count). The Balaban J connectivity index is 0.876. The first-order valence-electron chi connectivity index (χ1n) is 16.3. The van der Waals surface area contributed by atoms with Crippen LogP contribution in [0, 0.1) is 6.92 Å². The van der Waals surface area contributed by atoms with Crippen LogP contribution in [0.15, 0.2) is 104 Å². The number of benzene rings is 3. The summed E-state index contributed by atoms with van der Waals surface area (Å²) in [5.41, 5.74) is 5.11. The summed E-state index contributed by atoms with van der Waals surface area (Å²) in [6.07, 6.45) is 5.48. The SMILES string of the molecule is Cc1cc(N(C)CC(=O)N2CCN(Cc3ccc4c(c3)OCO4)CC2)ccc1Oc1ccc(NC(=O)c2ccc(-n3cccc3)cc2)cn1. The van der Waals surface area contributed by atoms with Crippen molar-refractivity contribution < 1.29 is 23.8 Å². The summed E-state index contributed by atoms with van der Waals surface area (Å²) < 4.78 is 18.9. The number of aromatic nitrogens is 2. The molecule has 49 heavy (non-hydrogen) atoms. The molecule has 1 fully saturated rings. The van der Waals surface area contributed by atoms with E-state index in [4.69, 9.17) is 14.2 Å². The number of anilines is 2. The number of pyridine rings is 1. The molecule has 0 atom stereocenters. The molecule has 0 unspecified atom stereocenters. The van der Waals surface area contributed by atoms with E-state index < -0.39 is 0 Å². The zero-order valence-electron chi connectivity index (χ0n) is 27.5. The predicted octanol–water partition coefficient (Wildman–Crippen LogP) is 5.73. The maximum Gasteiger partial charge on any atom is 0.255 e. The van der Waals surface area contributed by atoms with Gasteiger partial charge in [-0.3, -0.25) is 14.5 Å². The molecule has 0 radical (unpaired) electrons. The second-order valence-electron chi connectivity index (χ2n) is 12.2. The van der Waals surface area contributed by atoms with Crippen LogP contribution in [0.2, 0.25) is 0 Å². The lowest BCUT2D eigenvalue weighted by Gasteiger charge is -2.35. The van der Waals surface area contributed by atoms with Gasteiger partial charge >= 0.3 is 0 Å². The van der Waals surface area contributed by atoms with Crippen LogP contribution in [0.1, 0.15) is 21.5 Å². The summed E-state index contributed by atoms with van der Waals surface area (Å²) in [5.74, 6) is 2.54. The van der Waals surface area contributed by atoms with Crippen molar-refractivity contribution in [2.45, 2.75) is 13.5 Å². The number of ether oxygens (including phenoxy) is 3. The third-order valence-corrected chi connectivity index (χ3v) is 8.78. The highest BCUT2D eigenvalue weighted by atomic mass is 16.7. The lowest BCUT2D eigenvalue weighted by Crippen LogP contribution is -2.50. The van der Waals surface area contributed by atoms with Crippen LogP contribution in [-0.2, 0) is 11.3 Å². The van der Waals surface area contributed by atoms with E-state index in [2.05, 4.69) is 21.3 Å². The van der Waals surface area contributed by atoms with E-state index in [-0.39, 0.29) is 25.2 Å². The van der Waals surface area contributed by atoms with Gasteiger partial charge in [-0.2, -0.15) is 0 Å². The zero-order chi connectivity index (χ0) is 33.7. The minimum absolute atomic E-state index is 0.105. The summed E-state index contributed by atoms with van der Waals surface area (Å²) in [5, 5.41) is 2.88. The van der Waals surface area contributed by atoms with Crippen molar-refractivity contribution in [3.8, 4) is 28.8 Å². The van der Waals surface area contributed by atoms with Gasteiger partial charge in [-0.25, -0.2) is 4.98 Å². The number of rotatable bonds is 10. The van der Waals surface area contributed by atoms with Crippen molar-refractivity contribution in [1.29, 1.82) is 0 Å². The average Bonchev–Trinajstić information content (AvgIpc) is 3.83. The monoisotopic (exact) mass is 658 g/mol. The molecule has 4 heterocycles. The van der Waals surface area contributed by atoms with E-state index in [0.717, 1.165) is 48.1 Å². The van der Waals surface area contributed by atoms with Crippen LogP contribution in [0.3, 0.4) is 0 Å². The molecular formula is C38H38N6O5. The van der Waals surface area contributed by atoms with E-state index in [1.807, 2.05) is 95.3 Å². The maximum absolute atomic E-state index is 13.2. The first kappa shape index (κ1) is 31.8. The molecule has 0 bridgehead atoms. The second-order valence-corrected chi connectivity index (χ2v) is 12.2. The molecule has 2 aliphatic rings. The van der Waals surface area contributed by atoms with Crippen molar-refractivity contribution >= 4 is 23.2 Å². The van der Waals surface area contributed by atoms with E-state index >= 15 is 0 Å². The molecule has 11 nitrogen and oxygen atoms in total. The topological polar surface area (TPSA) is 101 Å². The van der Waals surface area contributed by atoms with Gasteiger partial charge in [0.05, 0.1) is 18.4 Å². The maximum atomic E-state index is 13.2. The van der Waals surface area contributed by atoms with Gasteiger partial charge < -0.3 is 33.9 Å². The average molecular weight is 659 g/mol. The third kappa shape index (κ3) is 7.52. The highest BCUT2D eigenvalue weighted by molar-refractivity contribution is 6.04. The number of likely N-dealkylation sites (N-methyl/N-ethyl adjacent to an activating group) is 1.